The smallest absolute Gasteiger partial charge is 0.0462 e. The first-order chi connectivity index (χ1) is 44.6. The van der Waals surface area contributed by atoms with Gasteiger partial charge in [0.2, 0.25) is 0 Å². The number of nitrogens with zero attached hydrogens (tertiary/aromatic N) is 2. The van der Waals surface area contributed by atoms with E-state index in [4.69, 9.17) is 0 Å². The highest BCUT2D eigenvalue weighted by Gasteiger charge is 2.18. The maximum Gasteiger partial charge on any atom is 0.0462 e. The minimum atomic E-state index is 1.08. The van der Waals surface area contributed by atoms with E-state index in [1.807, 2.05) is 24.3 Å². The third-order valence-corrected chi connectivity index (χ3v) is 16.7. The van der Waals surface area contributed by atoms with E-state index in [0.717, 1.165) is 67.5 Å². The highest BCUT2D eigenvalue weighted by molar-refractivity contribution is 6.12. The zero-order chi connectivity index (χ0) is 60.3. The van der Waals surface area contributed by atoms with Gasteiger partial charge in [-0.05, 0) is 172 Å². The minimum absolute atomic E-state index is 1.08. The van der Waals surface area contributed by atoms with E-state index in [1.54, 1.807) is 0 Å². The lowest BCUT2D eigenvalue weighted by Gasteiger charge is -2.26. The topological polar surface area (TPSA) is 6.48 Å². The highest BCUT2D eigenvalue weighted by Crippen LogP contribution is 2.44. The molecule has 14 aromatic rings. The summed E-state index contributed by atoms with van der Waals surface area (Å²) in [7, 11) is 0. The van der Waals surface area contributed by atoms with Crippen molar-refractivity contribution in [3.05, 3.63) is 384 Å². The van der Waals surface area contributed by atoms with E-state index in [0.29, 0.717) is 0 Å². The molecule has 0 saturated carbocycles. The van der Waals surface area contributed by atoms with Crippen LogP contribution in [0.2, 0.25) is 0 Å². The molecule has 0 heterocycles. The van der Waals surface area contributed by atoms with Crippen molar-refractivity contribution >= 4 is 104 Å². The second-order valence-electron chi connectivity index (χ2n) is 22.5. The van der Waals surface area contributed by atoms with Gasteiger partial charge >= 0.3 is 0 Å². The molecule has 0 bridgehead atoms. The molecule has 0 aliphatic carbocycles. The molecule has 0 amide bonds. The molecular weight excluding hydrogens is 1080 g/mol. The summed E-state index contributed by atoms with van der Waals surface area (Å²) in [5, 5.41) is 4.85. The minimum Gasteiger partial charge on any atom is -0.311 e. The van der Waals surface area contributed by atoms with Crippen molar-refractivity contribution in [2.24, 2.45) is 0 Å². The van der Waals surface area contributed by atoms with E-state index in [1.165, 1.54) is 66.1 Å². The third-order valence-electron chi connectivity index (χ3n) is 16.7. The monoisotopic (exact) mass is 1150 g/mol. The van der Waals surface area contributed by atoms with Gasteiger partial charge in [0.1, 0.15) is 0 Å². The van der Waals surface area contributed by atoms with E-state index >= 15 is 0 Å². The Morgan fingerprint density at radius 2 is 0.322 bits per heavy atom. The third kappa shape index (κ3) is 12.7. The first-order valence-electron chi connectivity index (χ1n) is 30.8. The van der Waals surface area contributed by atoms with Crippen molar-refractivity contribution in [3.8, 4) is 33.4 Å². The molecule has 0 fully saturated rings. The second-order valence-corrected chi connectivity index (χ2v) is 22.5. The largest absolute Gasteiger partial charge is 0.311 e. The molecule has 0 saturated heterocycles. The van der Waals surface area contributed by atoms with Crippen LogP contribution in [0, 0.1) is 0 Å². The molecule has 14 aromatic carbocycles. The van der Waals surface area contributed by atoms with E-state index < -0.39 is 0 Å². The Morgan fingerprint density at radius 1 is 0.144 bits per heavy atom. The van der Waals surface area contributed by atoms with Crippen LogP contribution >= 0.6 is 0 Å². The van der Waals surface area contributed by atoms with E-state index in [-0.39, 0.29) is 0 Å². The number of hydrogen-bond acceptors (Lipinski definition) is 2. The Morgan fingerprint density at radius 3 is 0.556 bits per heavy atom. The summed E-state index contributed by atoms with van der Waals surface area (Å²) in [4.78, 5) is 4.69. The summed E-state index contributed by atoms with van der Waals surface area (Å²) in [5.41, 5.74) is 22.9. The molecule has 14 rings (SSSR count). The van der Waals surface area contributed by atoms with Gasteiger partial charge in [0.05, 0.1) is 0 Å². The van der Waals surface area contributed by atoms with Gasteiger partial charge < -0.3 is 9.80 Å². The molecule has 2 heteroatoms. The molecule has 0 aliphatic heterocycles. The van der Waals surface area contributed by atoms with Crippen molar-refractivity contribution in [1.82, 2.24) is 0 Å². The maximum atomic E-state index is 2.34. The first-order valence-corrected chi connectivity index (χ1v) is 30.8. The Balaban J connectivity index is 0.759. The fourth-order valence-electron chi connectivity index (χ4n) is 12.0. The van der Waals surface area contributed by atoms with Crippen LogP contribution < -0.4 is 9.80 Å². The fraction of sp³-hybridized carbons (Fsp3) is 0. The molecular formula is C88H64N2. The zero-order valence-corrected chi connectivity index (χ0v) is 49.8. The van der Waals surface area contributed by atoms with Gasteiger partial charge in [-0.1, -0.05) is 316 Å². The quantitative estimate of drug-likeness (QED) is 0.0839. The van der Waals surface area contributed by atoms with Crippen LogP contribution in [0.4, 0.5) is 34.1 Å². The van der Waals surface area contributed by atoms with Crippen molar-refractivity contribution in [1.29, 1.82) is 0 Å². The number of hydrogen-bond donors (Lipinski definition) is 0. The molecule has 0 radical (unpaired) electrons. The van der Waals surface area contributed by atoms with Gasteiger partial charge in [0, 0.05) is 34.1 Å². The summed E-state index contributed by atoms with van der Waals surface area (Å²) in [6.07, 6.45) is 17.3. The van der Waals surface area contributed by atoms with E-state index in [2.05, 4.69) is 374 Å². The van der Waals surface area contributed by atoms with Crippen LogP contribution in [-0.4, -0.2) is 0 Å². The Kier molecular flexibility index (Phi) is 16.4. The van der Waals surface area contributed by atoms with Crippen LogP contribution in [0.25, 0.3) is 104 Å². The lowest BCUT2D eigenvalue weighted by atomic mass is 9.88. The molecule has 0 spiro atoms. The average molecular weight is 1150 g/mol. The molecule has 0 N–H and O–H groups in total. The molecule has 0 atom stereocenters. The number of benzene rings is 14. The summed E-state index contributed by atoms with van der Waals surface area (Å²) < 4.78 is 0. The summed E-state index contributed by atoms with van der Waals surface area (Å²) >= 11 is 0. The maximum absolute atomic E-state index is 2.34. The molecule has 90 heavy (non-hydrogen) atoms. The highest BCUT2D eigenvalue weighted by atomic mass is 15.1. The van der Waals surface area contributed by atoms with Gasteiger partial charge in [-0.2, -0.15) is 0 Å². The number of fused-ring (bicyclic) bond motifs is 2. The number of anilines is 6. The molecule has 0 aliphatic rings. The Hall–Kier alpha value is -11.8. The lowest BCUT2D eigenvalue weighted by molar-refractivity contribution is 1.28. The summed E-state index contributed by atoms with van der Waals surface area (Å²) in [5.74, 6) is 0. The molecule has 0 unspecified atom stereocenters. The first kappa shape index (κ1) is 56.0. The van der Waals surface area contributed by atoms with Crippen LogP contribution in [0.5, 0.6) is 0 Å². The Labute approximate surface area is 528 Å². The van der Waals surface area contributed by atoms with Gasteiger partial charge in [-0.3, -0.25) is 0 Å². The van der Waals surface area contributed by atoms with Gasteiger partial charge in [0.15, 0.2) is 0 Å². The summed E-state index contributed by atoms with van der Waals surface area (Å²) in [6.45, 7) is 0. The zero-order valence-electron chi connectivity index (χ0n) is 49.8. The predicted molar refractivity (Wildman–Crippen MR) is 389 cm³/mol. The normalized spacial score (nSPS) is 11.6. The van der Waals surface area contributed by atoms with Crippen LogP contribution in [0.15, 0.2) is 340 Å². The molecule has 2 nitrogen and oxygen atoms in total. The average Bonchev–Trinajstić information content (AvgIpc) is 1.41. The molecule has 0 aromatic heterocycles. The van der Waals surface area contributed by atoms with Crippen molar-refractivity contribution in [3.63, 3.8) is 0 Å². The Bertz CT molecular complexity index is 4340. The predicted octanol–water partition coefficient (Wildman–Crippen LogP) is 24.6. The lowest BCUT2D eigenvalue weighted by Crippen LogP contribution is -2.09. The van der Waals surface area contributed by atoms with Crippen molar-refractivity contribution in [2.75, 3.05) is 9.80 Å². The van der Waals surface area contributed by atoms with Crippen LogP contribution in [0.3, 0.4) is 0 Å². The standard InChI is InChI=1S/C88H64N2/c1-5-17-65(18-6-1)29-33-69-37-49-75(50-38-69)89(76-51-39-70(40-52-76)34-30-66-19-7-2-8-20-66)79-57-45-73(46-58-79)81-61-63-87(85-27-15-13-25-83(81)85)88-64-62-82(84-26-14-16-28-86(84)88)74-47-59-80(60-48-74)90(77-53-41-71(42-54-77)35-31-67-21-9-3-10-22-67)78-55-43-72(44-56-78)36-32-68-23-11-4-12-24-68/h1-64H/b33-29+,34-30+,35-31+,36-32+. The van der Waals surface area contributed by atoms with Gasteiger partial charge in [0.25, 0.3) is 0 Å². The van der Waals surface area contributed by atoms with Gasteiger partial charge in [-0.25, -0.2) is 0 Å². The fourth-order valence-corrected chi connectivity index (χ4v) is 12.0. The van der Waals surface area contributed by atoms with Crippen molar-refractivity contribution in [2.45, 2.75) is 0 Å². The summed E-state index contributed by atoms with van der Waals surface area (Å²) in [6, 6.07) is 122. The molecule has 426 valence electrons. The van der Waals surface area contributed by atoms with Crippen LogP contribution in [0.1, 0.15) is 44.5 Å². The van der Waals surface area contributed by atoms with Crippen molar-refractivity contribution < 1.29 is 0 Å². The van der Waals surface area contributed by atoms with Crippen LogP contribution in [-0.2, 0) is 0 Å². The van der Waals surface area contributed by atoms with Gasteiger partial charge in [-0.15, -0.1) is 0 Å². The van der Waals surface area contributed by atoms with E-state index in [9.17, 15) is 0 Å². The second kappa shape index (κ2) is 26.4. The SMILES string of the molecule is C(=C\c1ccc(N(c2ccc(/C=C/c3ccccc3)cc2)c2ccc(-c3ccc(-c4ccc(-c5ccc(N(c6ccc(/C=C/c7ccccc7)cc6)c6ccc(/C=C/c7ccccc7)cc6)cc5)c5ccccc45)c4ccccc34)cc2)cc1)/c1ccccc1. The number of rotatable bonds is 17.